The quantitative estimate of drug-likeness (QED) is 0.912. The minimum atomic E-state index is -0.0589. The van der Waals surface area contributed by atoms with Crippen molar-refractivity contribution in [2.75, 3.05) is 5.73 Å². The van der Waals surface area contributed by atoms with E-state index in [4.69, 9.17) is 5.73 Å². The Kier molecular flexibility index (Phi) is 4.37. The first-order valence-electron chi connectivity index (χ1n) is 6.95. The summed E-state index contributed by atoms with van der Waals surface area (Å²) in [6.07, 6.45) is 0. The van der Waals surface area contributed by atoms with Crippen molar-refractivity contribution in [2.24, 2.45) is 0 Å². The summed E-state index contributed by atoms with van der Waals surface area (Å²) in [4.78, 5) is 14.7. The molecule has 114 valence electrons. The van der Waals surface area contributed by atoms with E-state index in [9.17, 15) is 4.79 Å². The van der Waals surface area contributed by atoms with Crippen LogP contribution in [0.2, 0.25) is 0 Å². The minimum Gasteiger partial charge on any atom is -0.396 e. The van der Waals surface area contributed by atoms with Gasteiger partial charge in [0.15, 0.2) is 0 Å². The second-order valence-corrected chi connectivity index (χ2v) is 6.86. The van der Waals surface area contributed by atoms with Crippen molar-refractivity contribution in [1.29, 1.82) is 0 Å². The van der Waals surface area contributed by atoms with Gasteiger partial charge in [-0.3, -0.25) is 9.48 Å². The first-order valence-corrected chi connectivity index (χ1v) is 7.77. The van der Waals surface area contributed by atoms with Crippen LogP contribution in [0.5, 0.6) is 0 Å². The zero-order chi connectivity index (χ0) is 15.7. The van der Waals surface area contributed by atoms with Crippen LogP contribution in [0.3, 0.4) is 0 Å². The lowest BCUT2D eigenvalue weighted by atomic mass is 10.1. The minimum absolute atomic E-state index is 0.00300. The Morgan fingerprint density at radius 2 is 2.10 bits per heavy atom. The van der Waals surface area contributed by atoms with Crippen LogP contribution in [0.25, 0.3) is 0 Å². The molecule has 6 heteroatoms. The van der Waals surface area contributed by atoms with Gasteiger partial charge in [-0.2, -0.15) is 5.10 Å². The fourth-order valence-electron chi connectivity index (χ4n) is 2.45. The van der Waals surface area contributed by atoms with Gasteiger partial charge in [-0.15, -0.1) is 11.3 Å². The third-order valence-corrected chi connectivity index (χ3v) is 4.64. The summed E-state index contributed by atoms with van der Waals surface area (Å²) in [5.41, 5.74) is 9.31. The third kappa shape index (κ3) is 3.26. The van der Waals surface area contributed by atoms with Crippen LogP contribution in [0, 0.1) is 27.7 Å². The van der Waals surface area contributed by atoms with Gasteiger partial charge < -0.3 is 11.1 Å². The van der Waals surface area contributed by atoms with Crippen molar-refractivity contribution in [3.63, 3.8) is 0 Å². The van der Waals surface area contributed by atoms with Crippen molar-refractivity contribution in [1.82, 2.24) is 15.1 Å². The van der Waals surface area contributed by atoms with Gasteiger partial charge in [-0.1, -0.05) is 0 Å². The molecule has 0 aromatic carbocycles. The highest BCUT2D eigenvalue weighted by atomic mass is 32.1. The van der Waals surface area contributed by atoms with E-state index in [0.717, 1.165) is 11.4 Å². The average Bonchev–Trinajstić information content (AvgIpc) is 2.84. The largest absolute Gasteiger partial charge is 0.396 e. The Balaban J connectivity index is 2.04. The van der Waals surface area contributed by atoms with Crippen molar-refractivity contribution in [2.45, 2.75) is 47.2 Å². The smallest absolute Gasteiger partial charge is 0.242 e. The number of aryl methyl sites for hydroxylation is 3. The van der Waals surface area contributed by atoms with E-state index in [-0.39, 0.29) is 18.5 Å². The first kappa shape index (κ1) is 15.6. The van der Waals surface area contributed by atoms with Gasteiger partial charge in [-0.05, 0) is 46.2 Å². The number of amides is 1. The van der Waals surface area contributed by atoms with Crippen LogP contribution in [-0.4, -0.2) is 15.7 Å². The van der Waals surface area contributed by atoms with Crippen molar-refractivity contribution < 1.29 is 4.79 Å². The van der Waals surface area contributed by atoms with Crippen LogP contribution in [-0.2, 0) is 11.3 Å². The van der Waals surface area contributed by atoms with Gasteiger partial charge in [0.25, 0.3) is 0 Å². The molecule has 0 bridgehead atoms. The highest BCUT2D eigenvalue weighted by Crippen LogP contribution is 2.26. The number of hydrogen-bond donors (Lipinski definition) is 2. The van der Waals surface area contributed by atoms with Crippen molar-refractivity contribution in [3.05, 3.63) is 32.8 Å². The number of thiophene rings is 1. The lowest BCUT2D eigenvalue weighted by molar-refractivity contribution is -0.122. The molecule has 5 nitrogen and oxygen atoms in total. The molecule has 0 fully saturated rings. The maximum Gasteiger partial charge on any atom is 0.242 e. The predicted octanol–water partition coefficient (Wildman–Crippen LogP) is 2.64. The van der Waals surface area contributed by atoms with E-state index in [2.05, 4.69) is 30.3 Å². The molecule has 0 saturated heterocycles. The zero-order valence-electron chi connectivity index (χ0n) is 13.2. The number of carbonyl (C=O) groups is 1. The lowest BCUT2D eigenvalue weighted by Crippen LogP contribution is -2.30. The first-order chi connectivity index (χ1) is 9.79. The molecule has 1 atom stereocenters. The molecule has 2 aromatic heterocycles. The molecule has 1 unspecified atom stereocenters. The highest BCUT2D eigenvalue weighted by molar-refractivity contribution is 7.12. The molecule has 2 aromatic rings. The molecule has 2 heterocycles. The van der Waals surface area contributed by atoms with Gasteiger partial charge in [0.1, 0.15) is 6.54 Å². The summed E-state index contributed by atoms with van der Waals surface area (Å²) in [5, 5.41) is 7.31. The fraction of sp³-hybridized carbons (Fsp3) is 0.467. The summed E-state index contributed by atoms with van der Waals surface area (Å²) in [7, 11) is 0. The standard InChI is InChI=1S/C15H22N4OS/c1-8-6-13(12(5)21-8)9(2)17-14(20)7-19-11(4)15(16)10(3)18-19/h6,9H,7,16H2,1-5H3,(H,17,20). The molecule has 21 heavy (non-hydrogen) atoms. The highest BCUT2D eigenvalue weighted by Gasteiger charge is 2.16. The summed E-state index contributed by atoms with van der Waals surface area (Å²) >= 11 is 1.75. The lowest BCUT2D eigenvalue weighted by Gasteiger charge is -2.14. The molecule has 0 aliphatic carbocycles. The maximum absolute atomic E-state index is 12.2. The second-order valence-electron chi connectivity index (χ2n) is 5.40. The van der Waals surface area contributed by atoms with Crippen molar-refractivity contribution >= 4 is 22.9 Å². The van der Waals surface area contributed by atoms with Gasteiger partial charge >= 0.3 is 0 Å². The van der Waals surface area contributed by atoms with Crippen LogP contribution >= 0.6 is 11.3 Å². The number of rotatable bonds is 4. The number of nitrogens with zero attached hydrogens (tertiary/aromatic N) is 2. The van der Waals surface area contributed by atoms with E-state index in [1.54, 1.807) is 16.0 Å². The van der Waals surface area contributed by atoms with Crippen LogP contribution < -0.4 is 11.1 Å². The van der Waals surface area contributed by atoms with Crippen molar-refractivity contribution in [3.8, 4) is 0 Å². The Morgan fingerprint density at radius 1 is 1.43 bits per heavy atom. The van der Waals surface area contributed by atoms with E-state index in [1.807, 2.05) is 20.8 Å². The molecule has 1 amide bonds. The molecule has 0 saturated carbocycles. The third-order valence-electron chi connectivity index (χ3n) is 3.65. The monoisotopic (exact) mass is 306 g/mol. The van der Waals surface area contributed by atoms with Crippen LogP contribution in [0.4, 0.5) is 5.69 Å². The predicted molar refractivity (Wildman–Crippen MR) is 86.5 cm³/mol. The zero-order valence-corrected chi connectivity index (χ0v) is 14.0. The number of carbonyl (C=O) groups excluding carboxylic acids is 1. The van der Waals surface area contributed by atoms with E-state index in [0.29, 0.717) is 5.69 Å². The summed E-state index contributed by atoms with van der Waals surface area (Å²) in [6.45, 7) is 10.1. The summed E-state index contributed by atoms with van der Waals surface area (Å²) in [6, 6.07) is 2.13. The molecule has 2 rings (SSSR count). The molecular weight excluding hydrogens is 284 g/mol. The molecule has 0 spiro atoms. The Morgan fingerprint density at radius 3 is 2.57 bits per heavy atom. The van der Waals surface area contributed by atoms with E-state index < -0.39 is 0 Å². The number of aromatic nitrogens is 2. The second kappa shape index (κ2) is 5.89. The summed E-state index contributed by atoms with van der Waals surface area (Å²) in [5.74, 6) is -0.0589. The van der Waals surface area contributed by atoms with Gasteiger partial charge in [0, 0.05) is 9.75 Å². The number of anilines is 1. The van der Waals surface area contributed by atoms with Crippen LogP contribution in [0.1, 0.15) is 39.7 Å². The Bertz CT molecular complexity index is 672. The number of hydrogen-bond acceptors (Lipinski definition) is 4. The summed E-state index contributed by atoms with van der Waals surface area (Å²) < 4.78 is 1.65. The molecular formula is C15H22N4OS. The van der Waals surface area contributed by atoms with Gasteiger partial charge in [-0.25, -0.2) is 0 Å². The number of nitrogens with two attached hydrogens (primary N) is 1. The number of nitrogens with one attached hydrogen (secondary N) is 1. The fourth-order valence-corrected chi connectivity index (χ4v) is 3.47. The average molecular weight is 306 g/mol. The van der Waals surface area contributed by atoms with E-state index in [1.165, 1.54) is 15.3 Å². The molecule has 0 aliphatic heterocycles. The topological polar surface area (TPSA) is 72.9 Å². The van der Waals surface area contributed by atoms with Gasteiger partial charge in [0.2, 0.25) is 5.91 Å². The normalized spacial score (nSPS) is 12.4. The maximum atomic E-state index is 12.2. The molecule has 3 N–H and O–H groups in total. The number of nitrogen functional groups attached to an aromatic ring is 1. The SMILES string of the molecule is Cc1cc(C(C)NC(=O)Cn2nc(C)c(N)c2C)c(C)s1. The Hall–Kier alpha value is -1.82. The Labute approximate surface area is 129 Å². The van der Waals surface area contributed by atoms with Crippen LogP contribution in [0.15, 0.2) is 6.07 Å². The van der Waals surface area contributed by atoms with Gasteiger partial charge in [0.05, 0.1) is 23.1 Å². The van der Waals surface area contributed by atoms with E-state index >= 15 is 0 Å². The molecule has 0 radical (unpaired) electrons. The molecule has 0 aliphatic rings.